The van der Waals surface area contributed by atoms with Crippen LogP contribution in [-0.4, -0.2) is 43.7 Å². The van der Waals surface area contributed by atoms with Gasteiger partial charge in [-0.25, -0.2) is 4.98 Å². The number of hydrogen-bond acceptors (Lipinski definition) is 6. The van der Waals surface area contributed by atoms with Crippen LogP contribution in [0.5, 0.6) is 5.88 Å². The van der Waals surface area contributed by atoms with Crippen molar-refractivity contribution in [3.63, 3.8) is 0 Å². The monoisotopic (exact) mass is 478 g/mol. The Balaban J connectivity index is 1.53. The van der Waals surface area contributed by atoms with E-state index in [0.29, 0.717) is 44.4 Å². The third kappa shape index (κ3) is 6.38. The van der Waals surface area contributed by atoms with Crippen LogP contribution in [0.15, 0.2) is 53.4 Å². The number of thioether (sulfide) groups is 1. The molecule has 5 nitrogen and oxygen atoms in total. The summed E-state index contributed by atoms with van der Waals surface area (Å²) in [5.41, 5.74) is 1.32. The average Bonchev–Trinajstić information content (AvgIpc) is 2.82. The number of hydrogen-bond donors (Lipinski definition) is 1. The van der Waals surface area contributed by atoms with Gasteiger partial charge in [0.25, 0.3) is 0 Å². The number of pyridine rings is 1. The summed E-state index contributed by atoms with van der Waals surface area (Å²) < 4.78 is 56.2. The van der Waals surface area contributed by atoms with Gasteiger partial charge in [0.1, 0.15) is 6.61 Å². The number of alkyl halides is 3. The van der Waals surface area contributed by atoms with Gasteiger partial charge in [0, 0.05) is 28.9 Å². The summed E-state index contributed by atoms with van der Waals surface area (Å²) in [6, 6.07) is 13.2. The van der Waals surface area contributed by atoms with Crippen LogP contribution in [0.3, 0.4) is 0 Å². The fourth-order valence-corrected chi connectivity index (χ4v) is 4.00. The third-order valence-electron chi connectivity index (χ3n) is 5.27. The summed E-state index contributed by atoms with van der Waals surface area (Å²) in [6.07, 6.45) is -2.43. The first kappa shape index (κ1) is 23.8. The Bertz CT molecular complexity index is 1090. The van der Waals surface area contributed by atoms with E-state index >= 15 is 0 Å². The lowest BCUT2D eigenvalue weighted by molar-refractivity contribution is -0.137. The van der Waals surface area contributed by atoms with Gasteiger partial charge < -0.3 is 19.5 Å². The van der Waals surface area contributed by atoms with Crippen molar-refractivity contribution in [3.8, 4) is 5.88 Å². The van der Waals surface area contributed by atoms with Crippen molar-refractivity contribution in [2.75, 3.05) is 32.6 Å². The van der Waals surface area contributed by atoms with Gasteiger partial charge in [0.15, 0.2) is 0 Å². The number of aromatic nitrogens is 1. The molecule has 33 heavy (non-hydrogen) atoms. The third-order valence-corrected chi connectivity index (χ3v) is 5.99. The Hall–Kier alpha value is -2.33. The molecule has 1 aliphatic rings. The Morgan fingerprint density at radius 1 is 1.15 bits per heavy atom. The van der Waals surface area contributed by atoms with Crippen molar-refractivity contribution in [1.29, 1.82) is 0 Å². The summed E-state index contributed by atoms with van der Waals surface area (Å²) in [7, 11) is 0. The van der Waals surface area contributed by atoms with Crippen molar-refractivity contribution in [3.05, 3.63) is 65.2 Å². The predicted octanol–water partition coefficient (Wildman–Crippen LogP) is 5.06. The van der Waals surface area contributed by atoms with E-state index in [4.69, 9.17) is 14.2 Å². The van der Waals surface area contributed by atoms with Crippen LogP contribution < -0.4 is 10.1 Å². The summed E-state index contributed by atoms with van der Waals surface area (Å²) in [5.74, 6) is 0.395. The van der Waals surface area contributed by atoms with E-state index in [1.807, 2.05) is 30.5 Å². The van der Waals surface area contributed by atoms with Gasteiger partial charge in [0.05, 0.1) is 37.0 Å². The highest BCUT2D eigenvalue weighted by atomic mass is 32.2. The highest BCUT2D eigenvalue weighted by molar-refractivity contribution is 7.98. The van der Waals surface area contributed by atoms with Gasteiger partial charge in [-0.3, -0.25) is 0 Å². The number of fused-ring (bicyclic) bond motifs is 1. The van der Waals surface area contributed by atoms with E-state index in [1.54, 1.807) is 17.8 Å². The Morgan fingerprint density at radius 3 is 2.79 bits per heavy atom. The van der Waals surface area contributed by atoms with Crippen molar-refractivity contribution < 1.29 is 27.4 Å². The first-order valence-electron chi connectivity index (χ1n) is 10.6. The maximum Gasteiger partial charge on any atom is 0.416 e. The topological polar surface area (TPSA) is 52.6 Å². The molecule has 1 atom stereocenters. The van der Waals surface area contributed by atoms with Crippen LogP contribution >= 0.6 is 11.8 Å². The van der Waals surface area contributed by atoms with Crippen LogP contribution in [0.25, 0.3) is 10.9 Å². The molecule has 4 rings (SSSR count). The fraction of sp³-hybridized carbons (Fsp3) is 0.375. The number of nitrogens with one attached hydrogen (secondary N) is 1. The minimum absolute atomic E-state index is 0.0166. The van der Waals surface area contributed by atoms with Gasteiger partial charge >= 0.3 is 6.18 Å². The molecule has 0 saturated carbocycles. The molecule has 1 aliphatic heterocycles. The minimum Gasteiger partial charge on any atom is -0.473 e. The van der Waals surface area contributed by atoms with Gasteiger partial charge in [-0.05, 0) is 42.2 Å². The second kappa shape index (κ2) is 10.7. The van der Waals surface area contributed by atoms with E-state index in [-0.39, 0.29) is 12.7 Å². The lowest BCUT2D eigenvalue weighted by Gasteiger charge is -2.23. The standard InChI is InChI=1S/C24H25F3N2O3S/c1-33-21-6-5-17-10-18(12-28-13-20-15-30-7-8-31-20)23(29-22(17)11-21)32-14-16-3-2-4-19(9-16)24(25,26)27/h2-6,9-11,20,28H,7-8,12-15H2,1H3. The maximum atomic E-state index is 13.1. The number of halogens is 3. The van der Waals surface area contributed by atoms with E-state index < -0.39 is 11.7 Å². The smallest absolute Gasteiger partial charge is 0.416 e. The molecule has 0 amide bonds. The summed E-state index contributed by atoms with van der Waals surface area (Å²) >= 11 is 1.61. The van der Waals surface area contributed by atoms with Crippen molar-refractivity contribution in [2.24, 2.45) is 0 Å². The second-order valence-corrected chi connectivity index (χ2v) is 8.58. The quantitative estimate of drug-likeness (QED) is 0.457. The van der Waals surface area contributed by atoms with Crippen molar-refractivity contribution >= 4 is 22.7 Å². The normalized spacial score (nSPS) is 16.8. The Labute approximate surface area is 194 Å². The molecular formula is C24H25F3N2O3S. The fourth-order valence-electron chi connectivity index (χ4n) is 3.56. The number of nitrogens with zero attached hydrogens (tertiary/aromatic N) is 1. The molecule has 9 heteroatoms. The predicted molar refractivity (Wildman–Crippen MR) is 122 cm³/mol. The van der Waals surface area contributed by atoms with E-state index in [1.165, 1.54) is 6.07 Å². The summed E-state index contributed by atoms with van der Waals surface area (Å²) in [5, 5.41) is 4.31. The average molecular weight is 479 g/mol. The van der Waals surface area contributed by atoms with E-state index in [2.05, 4.69) is 10.3 Å². The van der Waals surface area contributed by atoms with Crippen LogP contribution in [0, 0.1) is 0 Å². The molecule has 2 aromatic carbocycles. The molecule has 1 saturated heterocycles. The molecular weight excluding hydrogens is 453 g/mol. The second-order valence-electron chi connectivity index (χ2n) is 7.70. The lowest BCUT2D eigenvalue weighted by Crippen LogP contribution is -2.37. The lowest BCUT2D eigenvalue weighted by atomic mass is 10.1. The zero-order valence-corrected chi connectivity index (χ0v) is 19.0. The summed E-state index contributed by atoms with van der Waals surface area (Å²) in [4.78, 5) is 5.75. The zero-order chi connectivity index (χ0) is 23.3. The summed E-state index contributed by atoms with van der Waals surface area (Å²) in [6.45, 7) is 2.79. The van der Waals surface area contributed by atoms with E-state index in [9.17, 15) is 13.2 Å². The number of benzene rings is 2. The molecule has 1 fully saturated rings. The van der Waals surface area contributed by atoms with Crippen LogP contribution in [-0.2, 0) is 28.8 Å². The highest BCUT2D eigenvalue weighted by Crippen LogP contribution is 2.30. The Kier molecular flexibility index (Phi) is 7.75. The number of ether oxygens (including phenoxy) is 3. The van der Waals surface area contributed by atoms with Crippen LogP contribution in [0.1, 0.15) is 16.7 Å². The zero-order valence-electron chi connectivity index (χ0n) is 18.2. The molecule has 0 radical (unpaired) electrons. The molecule has 1 N–H and O–H groups in total. The molecule has 1 aromatic heterocycles. The molecule has 3 aromatic rings. The Morgan fingerprint density at radius 2 is 2.03 bits per heavy atom. The maximum absolute atomic E-state index is 13.1. The molecule has 2 heterocycles. The molecule has 0 aliphatic carbocycles. The number of rotatable bonds is 8. The van der Waals surface area contributed by atoms with Crippen molar-refractivity contribution in [2.45, 2.75) is 30.3 Å². The van der Waals surface area contributed by atoms with Gasteiger partial charge in [-0.1, -0.05) is 18.2 Å². The molecule has 1 unspecified atom stereocenters. The van der Waals surface area contributed by atoms with Gasteiger partial charge in [0.2, 0.25) is 5.88 Å². The first-order valence-corrected chi connectivity index (χ1v) is 11.8. The van der Waals surface area contributed by atoms with Gasteiger partial charge in [-0.15, -0.1) is 11.8 Å². The van der Waals surface area contributed by atoms with Crippen molar-refractivity contribution in [1.82, 2.24) is 10.3 Å². The molecule has 0 spiro atoms. The highest BCUT2D eigenvalue weighted by Gasteiger charge is 2.30. The molecule has 0 bridgehead atoms. The minimum atomic E-state index is -4.40. The SMILES string of the molecule is CSc1ccc2cc(CNCC3COCCO3)c(OCc3cccc(C(F)(F)F)c3)nc2c1. The van der Waals surface area contributed by atoms with Gasteiger partial charge in [-0.2, -0.15) is 13.2 Å². The van der Waals surface area contributed by atoms with E-state index in [0.717, 1.165) is 33.5 Å². The van der Waals surface area contributed by atoms with Crippen LogP contribution in [0.4, 0.5) is 13.2 Å². The largest absolute Gasteiger partial charge is 0.473 e. The molecule has 176 valence electrons. The first-order chi connectivity index (χ1) is 15.9. The van der Waals surface area contributed by atoms with Crippen LogP contribution in [0.2, 0.25) is 0 Å².